The Morgan fingerprint density at radius 2 is 2.17 bits per heavy atom. The van der Waals surface area contributed by atoms with Gasteiger partial charge in [-0.25, -0.2) is 0 Å². The molecule has 0 saturated carbocycles. The highest BCUT2D eigenvalue weighted by molar-refractivity contribution is 14.1. The fraction of sp³-hybridized carbons (Fsp3) is 0.500. The van der Waals surface area contributed by atoms with E-state index in [1.165, 1.54) is 0 Å². The van der Waals surface area contributed by atoms with Crippen LogP contribution in [-0.2, 0) is 0 Å². The molecule has 1 aliphatic rings. The molecule has 1 heterocycles. The number of ether oxygens (including phenoxy) is 2. The monoisotopic (exact) mass is 357 g/mol. The summed E-state index contributed by atoms with van der Waals surface area (Å²) >= 11 is 2.33. The van der Waals surface area contributed by atoms with Crippen molar-refractivity contribution in [1.82, 2.24) is 0 Å². The van der Waals surface area contributed by atoms with E-state index in [4.69, 9.17) is 9.47 Å². The first kappa shape index (κ1) is 13.5. The zero-order valence-corrected chi connectivity index (χ0v) is 12.5. The number of alkyl halides is 1. The number of halogens is 1. The van der Waals surface area contributed by atoms with E-state index in [-0.39, 0.29) is 6.10 Å². The number of hydrogen-bond acceptors (Lipinski definition) is 3. The summed E-state index contributed by atoms with van der Waals surface area (Å²) in [6.07, 6.45) is 1.66. The summed E-state index contributed by atoms with van der Waals surface area (Å²) in [5.74, 6) is 1.51. The molecule has 0 aliphatic carbocycles. The lowest BCUT2D eigenvalue weighted by Crippen LogP contribution is -2.42. The maximum absolute atomic E-state index is 9.42. The smallest absolute Gasteiger partial charge is 0.161 e. The second-order valence-corrected chi connectivity index (χ2v) is 5.76. The summed E-state index contributed by atoms with van der Waals surface area (Å²) in [6, 6.07) is 10.0. The van der Waals surface area contributed by atoms with Crippen LogP contribution in [0.2, 0.25) is 0 Å². The highest BCUT2D eigenvalue weighted by atomic mass is 127. The van der Waals surface area contributed by atoms with Crippen molar-refractivity contribution in [3.05, 3.63) is 24.3 Å². The molecule has 2 atom stereocenters. The zero-order chi connectivity index (χ0) is 13.0. The minimum atomic E-state index is -0.487. The van der Waals surface area contributed by atoms with E-state index in [0.29, 0.717) is 6.61 Å². The largest absolute Gasteiger partial charge is 0.486 e. The average Bonchev–Trinajstić information content (AvgIpc) is 2.44. The normalized spacial score (nSPS) is 20.8. The fourth-order valence-corrected chi connectivity index (χ4v) is 2.44. The quantitative estimate of drug-likeness (QED) is 0.611. The van der Waals surface area contributed by atoms with E-state index in [9.17, 15) is 5.26 Å². The van der Waals surface area contributed by atoms with Gasteiger partial charge in [0.1, 0.15) is 6.61 Å². The lowest BCUT2D eigenvalue weighted by Gasteiger charge is -2.35. The van der Waals surface area contributed by atoms with Gasteiger partial charge in [0.05, 0.1) is 11.5 Å². The molecule has 0 spiro atoms. The summed E-state index contributed by atoms with van der Waals surface area (Å²) in [6.45, 7) is 2.41. The van der Waals surface area contributed by atoms with Crippen molar-refractivity contribution in [2.24, 2.45) is 5.41 Å². The van der Waals surface area contributed by atoms with Crippen LogP contribution in [0.25, 0.3) is 0 Å². The van der Waals surface area contributed by atoms with Crippen molar-refractivity contribution >= 4 is 22.6 Å². The number of nitrogens with zero attached hydrogens (tertiary/aromatic N) is 1. The molecule has 18 heavy (non-hydrogen) atoms. The first-order valence-electron chi connectivity index (χ1n) is 6.05. The van der Waals surface area contributed by atoms with Crippen molar-refractivity contribution < 1.29 is 9.47 Å². The molecule has 1 aliphatic heterocycles. The predicted molar refractivity (Wildman–Crippen MR) is 78.2 cm³/mol. The Labute approximate surface area is 121 Å². The SMILES string of the molecule is CC(C#N)(CCCI)C1COc2ccccc2O1. The third-order valence-electron chi connectivity index (χ3n) is 3.30. The molecule has 0 aromatic heterocycles. The molecule has 96 valence electrons. The summed E-state index contributed by atoms with van der Waals surface area (Å²) in [4.78, 5) is 0. The molecule has 2 unspecified atom stereocenters. The van der Waals surface area contributed by atoms with Crippen molar-refractivity contribution in [1.29, 1.82) is 5.26 Å². The molecule has 0 bridgehead atoms. The van der Waals surface area contributed by atoms with Crippen molar-refractivity contribution in [3.8, 4) is 17.6 Å². The maximum Gasteiger partial charge on any atom is 0.161 e. The molecule has 1 aromatic rings. The standard InChI is InChI=1S/C14H16INO2/c1-14(10-16,7-4-8-15)13-9-17-11-5-2-3-6-12(11)18-13/h2-3,5-6,13H,4,7-9H2,1H3. The number of nitriles is 1. The van der Waals surface area contributed by atoms with E-state index in [1.807, 2.05) is 31.2 Å². The molecule has 0 saturated heterocycles. The molecule has 1 aromatic carbocycles. The van der Waals surface area contributed by atoms with Crippen molar-refractivity contribution in [3.63, 3.8) is 0 Å². The van der Waals surface area contributed by atoms with Crippen molar-refractivity contribution in [2.75, 3.05) is 11.0 Å². The summed E-state index contributed by atoms with van der Waals surface area (Å²) in [7, 11) is 0. The van der Waals surface area contributed by atoms with Crippen LogP contribution < -0.4 is 9.47 Å². The second kappa shape index (κ2) is 5.79. The Balaban J connectivity index is 2.14. The van der Waals surface area contributed by atoms with Crippen LogP contribution in [0.15, 0.2) is 24.3 Å². The van der Waals surface area contributed by atoms with Crippen LogP contribution in [0.1, 0.15) is 19.8 Å². The molecule has 0 amide bonds. The highest BCUT2D eigenvalue weighted by Gasteiger charge is 2.39. The molecule has 2 rings (SSSR count). The number of benzene rings is 1. The van der Waals surface area contributed by atoms with Gasteiger partial charge in [0.15, 0.2) is 17.6 Å². The van der Waals surface area contributed by atoms with Gasteiger partial charge in [0.25, 0.3) is 0 Å². The Morgan fingerprint density at radius 1 is 1.44 bits per heavy atom. The van der Waals surface area contributed by atoms with Gasteiger partial charge < -0.3 is 9.47 Å². The Kier molecular flexibility index (Phi) is 4.33. The first-order chi connectivity index (χ1) is 8.69. The first-order valence-corrected chi connectivity index (χ1v) is 7.58. The molecule has 0 fully saturated rings. The summed E-state index contributed by atoms with van der Waals surface area (Å²) in [5.41, 5.74) is -0.487. The molecule has 3 nitrogen and oxygen atoms in total. The minimum Gasteiger partial charge on any atom is -0.486 e. The number of hydrogen-bond donors (Lipinski definition) is 0. The van der Waals surface area contributed by atoms with Crippen LogP contribution in [0.5, 0.6) is 11.5 Å². The second-order valence-electron chi connectivity index (χ2n) is 4.69. The molecule has 0 radical (unpaired) electrons. The lowest BCUT2D eigenvalue weighted by molar-refractivity contribution is 0.0210. The fourth-order valence-electron chi connectivity index (χ4n) is 2.06. The van der Waals surface area contributed by atoms with E-state index in [2.05, 4.69) is 28.7 Å². The van der Waals surface area contributed by atoms with Gasteiger partial charge in [-0.1, -0.05) is 34.7 Å². The zero-order valence-electron chi connectivity index (χ0n) is 10.4. The van der Waals surface area contributed by atoms with Gasteiger partial charge in [-0.05, 0) is 36.3 Å². The Hall–Kier alpha value is -0.960. The summed E-state index contributed by atoms with van der Waals surface area (Å²) < 4.78 is 12.7. The van der Waals surface area contributed by atoms with Crippen molar-refractivity contribution in [2.45, 2.75) is 25.9 Å². The number of fused-ring (bicyclic) bond motifs is 1. The van der Waals surface area contributed by atoms with Crippen LogP contribution >= 0.6 is 22.6 Å². The Morgan fingerprint density at radius 3 is 2.83 bits per heavy atom. The van der Waals surface area contributed by atoms with Gasteiger partial charge >= 0.3 is 0 Å². The third-order valence-corrected chi connectivity index (χ3v) is 4.07. The lowest BCUT2D eigenvalue weighted by atomic mass is 9.81. The molecule has 0 N–H and O–H groups in total. The van der Waals surface area contributed by atoms with Crippen LogP contribution in [-0.4, -0.2) is 17.1 Å². The topological polar surface area (TPSA) is 42.2 Å². The van der Waals surface area contributed by atoms with Gasteiger partial charge in [-0.2, -0.15) is 5.26 Å². The van der Waals surface area contributed by atoms with Gasteiger partial charge in [-0.3, -0.25) is 0 Å². The number of para-hydroxylation sites is 2. The van der Waals surface area contributed by atoms with E-state index < -0.39 is 5.41 Å². The molecular formula is C14H16INO2. The van der Waals surface area contributed by atoms with E-state index in [1.54, 1.807) is 0 Å². The third kappa shape index (κ3) is 2.72. The molecule has 4 heteroatoms. The van der Waals surface area contributed by atoms with Gasteiger partial charge in [-0.15, -0.1) is 0 Å². The van der Waals surface area contributed by atoms with Gasteiger partial charge in [0, 0.05) is 0 Å². The molecular weight excluding hydrogens is 341 g/mol. The predicted octanol–water partition coefficient (Wildman–Crippen LogP) is 3.57. The van der Waals surface area contributed by atoms with Crippen LogP contribution in [0.3, 0.4) is 0 Å². The average molecular weight is 357 g/mol. The highest BCUT2D eigenvalue weighted by Crippen LogP contribution is 2.38. The summed E-state index contributed by atoms with van der Waals surface area (Å²) in [5, 5.41) is 9.42. The van der Waals surface area contributed by atoms with Crippen LogP contribution in [0.4, 0.5) is 0 Å². The number of rotatable bonds is 4. The minimum absolute atomic E-state index is 0.194. The van der Waals surface area contributed by atoms with Crippen LogP contribution in [0, 0.1) is 16.7 Å². The van der Waals surface area contributed by atoms with Gasteiger partial charge in [0.2, 0.25) is 0 Å². The Bertz CT molecular complexity index is 457. The maximum atomic E-state index is 9.42. The van der Waals surface area contributed by atoms with E-state index in [0.717, 1.165) is 28.8 Å². The van der Waals surface area contributed by atoms with E-state index >= 15 is 0 Å².